The third-order valence-electron chi connectivity index (χ3n) is 4.41. The number of amides is 1. The van der Waals surface area contributed by atoms with E-state index in [0.717, 1.165) is 4.90 Å². The first kappa shape index (κ1) is 19.7. The standard InChI is InChI=1S/C19H20ClN3O3/c1-10(19(3,4)5)22-15-16(18(26)17(15)25)23(11(2)24)13-7-6-12(9-21)14(20)8-13/h6-8,10,22H,1-5H3/t10-/m1/s1. The van der Waals surface area contributed by atoms with Crippen LogP contribution in [0.3, 0.4) is 0 Å². The number of carbonyl (C=O) groups is 1. The van der Waals surface area contributed by atoms with E-state index in [4.69, 9.17) is 16.9 Å². The van der Waals surface area contributed by atoms with E-state index in [9.17, 15) is 14.4 Å². The maximum absolute atomic E-state index is 12.2. The van der Waals surface area contributed by atoms with Crippen LogP contribution in [-0.2, 0) is 4.79 Å². The van der Waals surface area contributed by atoms with Crippen LogP contribution in [0.2, 0.25) is 5.02 Å². The van der Waals surface area contributed by atoms with Crippen molar-refractivity contribution >= 4 is 34.6 Å². The van der Waals surface area contributed by atoms with E-state index in [-0.39, 0.29) is 33.4 Å². The lowest BCUT2D eigenvalue weighted by Crippen LogP contribution is -2.45. The summed E-state index contributed by atoms with van der Waals surface area (Å²) in [7, 11) is 0. The highest BCUT2D eigenvalue weighted by Crippen LogP contribution is 2.33. The first-order chi connectivity index (χ1) is 12.0. The van der Waals surface area contributed by atoms with Gasteiger partial charge in [0.1, 0.15) is 17.4 Å². The number of halogens is 1. The Labute approximate surface area is 156 Å². The number of benzene rings is 1. The van der Waals surface area contributed by atoms with E-state index in [0.29, 0.717) is 5.69 Å². The molecule has 0 bridgehead atoms. The maximum Gasteiger partial charge on any atom is 0.254 e. The zero-order chi connectivity index (χ0) is 19.8. The van der Waals surface area contributed by atoms with Gasteiger partial charge >= 0.3 is 0 Å². The first-order valence-corrected chi connectivity index (χ1v) is 8.47. The Kier molecular flexibility index (Phi) is 5.24. The van der Waals surface area contributed by atoms with Crippen molar-refractivity contribution in [1.82, 2.24) is 0 Å². The third kappa shape index (κ3) is 3.49. The minimum absolute atomic E-state index is 0.000579. The van der Waals surface area contributed by atoms with E-state index in [1.807, 2.05) is 33.8 Å². The largest absolute Gasteiger partial charge is 0.377 e. The molecule has 0 saturated heterocycles. The molecule has 2 aromatic carbocycles. The fourth-order valence-electron chi connectivity index (χ4n) is 2.36. The number of hydrogen-bond donors (Lipinski definition) is 1. The molecule has 0 spiro atoms. The van der Waals surface area contributed by atoms with Crippen molar-refractivity contribution in [2.75, 3.05) is 10.2 Å². The minimum Gasteiger partial charge on any atom is -0.377 e. The van der Waals surface area contributed by atoms with Gasteiger partial charge < -0.3 is 5.32 Å². The fourth-order valence-corrected chi connectivity index (χ4v) is 2.58. The molecular formula is C19H20ClN3O3. The second-order valence-electron chi connectivity index (χ2n) is 7.24. The predicted molar refractivity (Wildman–Crippen MR) is 103 cm³/mol. The van der Waals surface area contributed by atoms with Crippen LogP contribution in [0.25, 0.3) is 0 Å². The Hall–Kier alpha value is -2.65. The molecule has 1 atom stereocenters. The molecular weight excluding hydrogens is 354 g/mol. The second kappa shape index (κ2) is 6.93. The van der Waals surface area contributed by atoms with Crippen LogP contribution in [0.4, 0.5) is 17.1 Å². The molecule has 136 valence electrons. The highest BCUT2D eigenvalue weighted by atomic mass is 35.5. The van der Waals surface area contributed by atoms with Crippen LogP contribution in [0.5, 0.6) is 0 Å². The SMILES string of the molecule is CC(=O)N(c1ccc(C#N)c(Cl)c1)c1c(N[C@H](C)C(C)(C)C)c(=O)c1=O. The predicted octanol–water partition coefficient (Wildman–Crippen LogP) is 3.34. The Bertz CT molecular complexity index is 976. The van der Waals surface area contributed by atoms with Crippen molar-refractivity contribution in [2.24, 2.45) is 5.41 Å². The molecule has 26 heavy (non-hydrogen) atoms. The van der Waals surface area contributed by atoms with Crippen LogP contribution in [0, 0.1) is 16.7 Å². The van der Waals surface area contributed by atoms with E-state index in [1.54, 1.807) is 0 Å². The summed E-state index contributed by atoms with van der Waals surface area (Å²) in [5.41, 5.74) is -0.849. The van der Waals surface area contributed by atoms with Crippen molar-refractivity contribution in [2.45, 2.75) is 40.7 Å². The van der Waals surface area contributed by atoms with Gasteiger partial charge in [0.15, 0.2) is 0 Å². The van der Waals surface area contributed by atoms with Gasteiger partial charge in [-0.2, -0.15) is 5.26 Å². The smallest absolute Gasteiger partial charge is 0.254 e. The van der Waals surface area contributed by atoms with E-state index in [2.05, 4.69) is 5.32 Å². The highest BCUT2D eigenvalue weighted by molar-refractivity contribution is 6.32. The summed E-state index contributed by atoms with van der Waals surface area (Å²) < 4.78 is 0. The van der Waals surface area contributed by atoms with Gasteiger partial charge in [-0.05, 0) is 30.5 Å². The van der Waals surface area contributed by atoms with Crippen molar-refractivity contribution < 1.29 is 4.79 Å². The summed E-state index contributed by atoms with van der Waals surface area (Å²) in [6.45, 7) is 9.19. The van der Waals surface area contributed by atoms with Gasteiger partial charge in [0, 0.05) is 13.0 Å². The number of anilines is 3. The minimum atomic E-state index is -0.732. The Morgan fingerprint density at radius 1 is 1.27 bits per heavy atom. The molecule has 2 aromatic rings. The molecule has 1 N–H and O–H groups in total. The van der Waals surface area contributed by atoms with Crippen molar-refractivity contribution in [3.63, 3.8) is 0 Å². The molecule has 2 rings (SSSR count). The van der Waals surface area contributed by atoms with Gasteiger partial charge in [0.25, 0.3) is 10.9 Å². The summed E-state index contributed by atoms with van der Waals surface area (Å²) in [6.07, 6.45) is 0. The summed E-state index contributed by atoms with van der Waals surface area (Å²) in [6, 6.07) is 6.23. The quantitative estimate of drug-likeness (QED) is 0.830. The summed E-state index contributed by atoms with van der Waals surface area (Å²) in [5.74, 6) is -0.440. The van der Waals surface area contributed by atoms with E-state index >= 15 is 0 Å². The summed E-state index contributed by atoms with van der Waals surface area (Å²) in [4.78, 5) is 37.7. The normalized spacial score (nSPS) is 12.5. The molecule has 0 heterocycles. The third-order valence-corrected chi connectivity index (χ3v) is 4.73. The van der Waals surface area contributed by atoms with Crippen LogP contribution >= 0.6 is 11.6 Å². The van der Waals surface area contributed by atoms with E-state index < -0.39 is 16.8 Å². The zero-order valence-corrected chi connectivity index (χ0v) is 16.1. The van der Waals surface area contributed by atoms with Crippen molar-refractivity contribution in [1.29, 1.82) is 5.26 Å². The lowest BCUT2D eigenvalue weighted by Gasteiger charge is -2.32. The molecule has 0 aliphatic carbocycles. The molecule has 0 fully saturated rings. The zero-order valence-electron chi connectivity index (χ0n) is 15.3. The number of carbonyl (C=O) groups excluding carboxylic acids is 1. The topological polar surface area (TPSA) is 90.3 Å². The van der Waals surface area contributed by atoms with Crippen LogP contribution in [0.15, 0.2) is 27.8 Å². The molecule has 0 aliphatic rings. The Balaban J connectivity index is 2.54. The summed E-state index contributed by atoms with van der Waals surface area (Å²) in [5, 5.41) is 12.2. The highest BCUT2D eigenvalue weighted by Gasteiger charge is 2.32. The second-order valence-corrected chi connectivity index (χ2v) is 7.65. The lowest BCUT2D eigenvalue weighted by molar-refractivity contribution is -0.115. The average molecular weight is 374 g/mol. The average Bonchev–Trinajstić information content (AvgIpc) is 2.56. The maximum atomic E-state index is 12.2. The van der Waals surface area contributed by atoms with Crippen LogP contribution in [0.1, 0.15) is 40.2 Å². The van der Waals surface area contributed by atoms with Gasteiger partial charge in [-0.1, -0.05) is 32.4 Å². The number of nitriles is 1. The number of rotatable bonds is 4. The molecule has 0 saturated carbocycles. The first-order valence-electron chi connectivity index (χ1n) is 8.09. The number of hydrogen-bond acceptors (Lipinski definition) is 5. The monoisotopic (exact) mass is 373 g/mol. The summed E-state index contributed by atoms with van der Waals surface area (Å²) >= 11 is 6.05. The molecule has 0 aromatic heterocycles. The molecule has 0 unspecified atom stereocenters. The lowest BCUT2D eigenvalue weighted by atomic mass is 9.87. The Morgan fingerprint density at radius 2 is 1.88 bits per heavy atom. The van der Waals surface area contributed by atoms with Gasteiger partial charge in [-0.3, -0.25) is 19.3 Å². The molecule has 7 heteroatoms. The fraction of sp³-hybridized carbons (Fsp3) is 0.368. The van der Waals surface area contributed by atoms with Crippen LogP contribution < -0.4 is 21.1 Å². The van der Waals surface area contributed by atoms with Crippen molar-refractivity contribution in [3.05, 3.63) is 49.2 Å². The van der Waals surface area contributed by atoms with Gasteiger partial charge in [0.2, 0.25) is 5.91 Å². The van der Waals surface area contributed by atoms with E-state index in [1.165, 1.54) is 25.1 Å². The van der Waals surface area contributed by atoms with Crippen LogP contribution in [-0.4, -0.2) is 11.9 Å². The molecule has 6 nitrogen and oxygen atoms in total. The molecule has 0 radical (unpaired) electrons. The molecule has 0 aliphatic heterocycles. The van der Waals surface area contributed by atoms with Gasteiger partial charge in [0.05, 0.1) is 16.3 Å². The Morgan fingerprint density at radius 3 is 2.35 bits per heavy atom. The van der Waals surface area contributed by atoms with Gasteiger partial charge in [-0.25, -0.2) is 0 Å². The number of nitrogens with one attached hydrogen (secondary N) is 1. The van der Waals surface area contributed by atoms with Crippen molar-refractivity contribution in [3.8, 4) is 6.07 Å². The molecule has 1 amide bonds. The number of nitrogens with zero attached hydrogens (tertiary/aromatic N) is 2. The van der Waals surface area contributed by atoms with Gasteiger partial charge in [-0.15, -0.1) is 0 Å².